The molecule has 0 aliphatic carbocycles. The lowest BCUT2D eigenvalue weighted by molar-refractivity contribution is -0.121. The number of carbonyl (C=O) groups excluding carboxylic acids is 1. The molecule has 0 bridgehead atoms. The van der Waals surface area contributed by atoms with Crippen molar-refractivity contribution in [3.8, 4) is 0 Å². The van der Waals surface area contributed by atoms with Crippen molar-refractivity contribution < 1.29 is 4.79 Å². The molecule has 6 nitrogen and oxygen atoms in total. The second-order valence-corrected chi connectivity index (χ2v) is 5.82. The topological polar surface area (TPSA) is 87.2 Å². The highest BCUT2D eigenvalue weighted by Crippen LogP contribution is 2.07. The van der Waals surface area contributed by atoms with Crippen LogP contribution in [-0.4, -0.2) is 22.1 Å². The van der Waals surface area contributed by atoms with E-state index < -0.39 is 0 Å². The first kappa shape index (κ1) is 15.1. The van der Waals surface area contributed by atoms with Gasteiger partial charge in [-0.1, -0.05) is 18.2 Å². The maximum Gasteiger partial charge on any atom is 0.270 e. The molecule has 0 fully saturated rings. The van der Waals surface area contributed by atoms with Crippen molar-refractivity contribution in [2.45, 2.75) is 12.8 Å². The van der Waals surface area contributed by atoms with E-state index in [1.807, 2.05) is 35.7 Å². The molecule has 2 aromatic heterocycles. The number of aromatic nitrogens is 2. The number of nitrogens with one attached hydrogen (secondary N) is 2. The van der Waals surface area contributed by atoms with Gasteiger partial charge in [-0.3, -0.25) is 9.59 Å². The first-order valence-corrected chi connectivity index (χ1v) is 7.94. The average Bonchev–Trinajstić information content (AvgIpc) is 3.06. The summed E-state index contributed by atoms with van der Waals surface area (Å²) in [5.41, 5.74) is 3.92. The summed E-state index contributed by atoms with van der Waals surface area (Å²) in [6.07, 6.45) is 2.00. The summed E-state index contributed by atoms with van der Waals surface area (Å²) in [6, 6.07) is 11.1. The molecule has 3 aromatic rings. The highest BCUT2D eigenvalue weighted by Gasteiger charge is 2.07. The van der Waals surface area contributed by atoms with E-state index in [1.54, 1.807) is 12.3 Å². The van der Waals surface area contributed by atoms with E-state index >= 15 is 0 Å². The number of rotatable bonds is 5. The van der Waals surface area contributed by atoms with Crippen LogP contribution in [0.5, 0.6) is 0 Å². The fourth-order valence-corrected chi connectivity index (χ4v) is 2.64. The van der Waals surface area contributed by atoms with Crippen molar-refractivity contribution in [2.75, 3.05) is 0 Å². The van der Waals surface area contributed by atoms with E-state index in [2.05, 4.69) is 20.5 Å². The van der Waals surface area contributed by atoms with Crippen molar-refractivity contribution in [1.82, 2.24) is 15.4 Å². The van der Waals surface area contributed by atoms with Gasteiger partial charge in [-0.25, -0.2) is 10.4 Å². The van der Waals surface area contributed by atoms with Gasteiger partial charge in [0.15, 0.2) is 0 Å². The first-order chi connectivity index (χ1) is 11.2. The van der Waals surface area contributed by atoms with Crippen molar-refractivity contribution in [3.63, 3.8) is 0 Å². The summed E-state index contributed by atoms with van der Waals surface area (Å²) in [7, 11) is 0. The quantitative estimate of drug-likeness (QED) is 0.556. The van der Waals surface area contributed by atoms with Crippen molar-refractivity contribution in [2.24, 2.45) is 5.10 Å². The van der Waals surface area contributed by atoms with E-state index in [0.29, 0.717) is 16.7 Å². The number of hydrogen-bond acceptors (Lipinski definition) is 5. The number of fused-ring (bicyclic) bond motifs is 1. The van der Waals surface area contributed by atoms with Crippen molar-refractivity contribution >= 4 is 34.5 Å². The van der Waals surface area contributed by atoms with Gasteiger partial charge in [0.1, 0.15) is 5.69 Å². The number of amides is 1. The second kappa shape index (κ2) is 6.97. The largest absolute Gasteiger partial charge is 0.319 e. The van der Waals surface area contributed by atoms with E-state index in [0.717, 1.165) is 4.88 Å². The van der Waals surface area contributed by atoms with E-state index in [4.69, 9.17) is 0 Å². The fraction of sp³-hybridized carbons (Fsp3) is 0.125. The van der Waals surface area contributed by atoms with Gasteiger partial charge in [0.05, 0.1) is 17.2 Å². The Morgan fingerprint density at radius 3 is 3.00 bits per heavy atom. The number of aryl methyl sites for hydroxylation is 1. The SMILES string of the molecule is O=C(CCc1nc2ccccc2[nH]c1=O)N/N=C/c1cccs1. The zero-order valence-corrected chi connectivity index (χ0v) is 13.0. The molecular formula is C16H14N4O2S. The molecule has 3 rings (SSSR count). The normalized spacial score (nSPS) is 11.1. The Hall–Kier alpha value is -2.80. The number of aromatic amines is 1. The minimum atomic E-state index is -0.265. The summed E-state index contributed by atoms with van der Waals surface area (Å²) < 4.78 is 0. The molecule has 0 aliphatic heterocycles. The van der Waals surface area contributed by atoms with E-state index in [1.165, 1.54) is 11.3 Å². The standard InChI is InChI=1S/C16H14N4O2S/c21-15(20-17-10-11-4-3-9-23-11)8-7-14-16(22)19-13-6-2-1-5-12(13)18-14/h1-6,9-10H,7-8H2,(H,19,22)(H,20,21)/b17-10+. The minimum Gasteiger partial charge on any atom is -0.319 e. The van der Waals surface area contributed by atoms with Gasteiger partial charge in [0, 0.05) is 17.7 Å². The molecule has 7 heteroatoms. The average molecular weight is 326 g/mol. The lowest BCUT2D eigenvalue weighted by Crippen LogP contribution is -2.21. The molecule has 1 aromatic carbocycles. The molecule has 0 unspecified atom stereocenters. The van der Waals surface area contributed by atoms with Crippen LogP contribution >= 0.6 is 11.3 Å². The van der Waals surface area contributed by atoms with Crippen LogP contribution in [0.25, 0.3) is 11.0 Å². The molecule has 23 heavy (non-hydrogen) atoms. The van der Waals surface area contributed by atoms with Crippen LogP contribution in [-0.2, 0) is 11.2 Å². The van der Waals surface area contributed by atoms with Crippen LogP contribution in [0.4, 0.5) is 0 Å². The van der Waals surface area contributed by atoms with Gasteiger partial charge in [0.2, 0.25) is 5.91 Å². The Labute approximate surface area is 135 Å². The number of nitrogens with zero attached hydrogens (tertiary/aromatic N) is 2. The molecule has 0 saturated heterocycles. The van der Waals surface area contributed by atoms with Crippen molar-refractivity contribution in [3.05, 3.63) is 62.7 Å². The smallest absolute Gasteiger partial charge is 0.270 e. The van der Waals surface area contributed by atoms with Gasteiger partial charge < -0.3 is 4.98 Å². The van der Waals surface area contributed by atoms with Gasteiger partial charge in [-0.15, -0.1) is 11.3 Å². The predicted molar refractivity (Wildman–Crippen MR) is 90.7 cm³/mol. The van der Waals surface area contributed by atoms with Crippen LogP contribution in [0.1, 0.15) is 17.0 Å². The van der Waals surface area contributed by atoms with Crippen LogP contribution in [0.2, 0.25) is 0 Å². The predicted octanol–water partition coefficient (Wildman–Crippen LogP) is 2.07. The molecule has 2 N–H and O–H groups in total. The van der Waals surface area contributed by atoms with Gasteiger partial charge in [-0.2, -0.15) is 5.10 Å². The van der Waals surface area contributed by atoms with E-state index in [9.17, 15) is 9.59 Å². The fourth-order valence-electron chi connectivity index (χ4n) is 2.06. The molecule has 1 amide bonds. The molecule has 0 atom stereocenters. The molecule has 0 aliphatic rings. The number of para-hydroxylation sites is 2. The van der Waals surface area contributed by atoms with Crippen LogP contribution in [0.3, 0.4) is 0 Å². The zero-order valence-electron chi connectivity index (χ0n) is 12.2. The molecule has 116 valence electrons. The summed E-state index contributed by atoms with van der Waals surface area (Å²) >= 11 is 1.53. The third-order valence-corrected chi connectivity index (χ3v) is 3.99. The Kier molecular flexibility index (Phi) is 4.58. The number of benzene rings is 1. The van der Waals surface area contributed by atoms with Crippen molar-refractivity contribution in [1.29, 1.82) is 0 Å². The third kappa shape index (κ3) is 3.89. The maximum atomic E-state index is 11.9. The lowest BCUT2D eigenvalue weighted by Gasteiger charge is -2.02. The molecule has 0 spiro atoms. The summed E-state index contributed by atoms with van der Waals surface area (Å²) in [4.78, 5) is 31.7. The number of thiophene rings is 1. The Morgan fingerprint density at radius 1 is 1.30 bits per heavy atom. The summed E-state index contributed by atoms with van der Waals surface area (Å²) in [5, 5.41) is 5.81. The van der Waals surface area contributed by atoms with Gasteiger partial charge >= 0.3 is 0 Å². The Balaban J connectivity index is 1.60. The number of hydrazone groups is 1. The van der Waals surface area contributed by atoms with Gasteiger partial charge in [-0.05, 0) is 23.6 Å². The lowest BCUT2D eigenvalue weighted by atomic mass is 10.2. The second-order valence-electron chi connectivity index (χ2n) is 4.84. The van der Waals surface area contributed by atoms with Crippen LogP contribution in [0, 0.1) is 0 Å². The summed E-state index contributed by atoms with van der Waals surface area (Å²) in [6.45, 7) is 0. The minimum absolute atomic E-state index is 0.149. The monoisotopic (exact) mass is 326 g/mol. The van der Waals surface area contributed by atoms with Gasteiger partial charge in [0.25, 0.3) is 5.56 Å². The molecule has 2 heterocycles. The Bertz CT molecular complexity index is 900. The number of hydrogen-bond donors (Lipinski definition) is 2. The summed E-state index contributed by atoms with van der Waals surface area (Å²) in [5.74, 6) is -0.257. The highest BCUT2D eigenvalue weighted by molar-refractivity contribution is 7.11. The maximum absolute atomic E-state index is 11.9. The third-order valence-electron chi connectivity index (χ3n) is 3.18. The van der Waals surface area contributed by atoms with Crippen LogP contribution < -0.4 is 11.0 Å². The molecule has 0 saturated carbocycles. The highest BCUT2D eigenvalue weighted by atomic mass is 32.1. The Morgan fingerprint density at radius 2 is 2.17 bits per heavy atom. The molecular weight excluding hydrogens is 312 g/mol. The van der Waals surface area contributed by atoms with Crippen LogP contribution in [0.15, 0.2) is 51.7 Å². The number of carbonyl (C=O) groups is 1. The first-order valence-electron chi connectivity index (χ1n) is 7.06. The molecule has 0 radical (unpaired) electrons. The number of H-pyrrole nitrogens is 1. The zero-order chi connectivity index (χ0) is 16.1. The van der Waals surface area contributed by atoms with E-state index in [-0.39, 0.29) is 24.3 Å².